The monoisotopic (exact) mass is 220 g/mol. The molecule has 0 fully saturated rings. The summed E-state index contributed by atoms with van der Waals surface area (Å²) in [5.74, 6) is 0. The summed E-state index contributed by atoms with van der Waals surface area (Å²) in [6.07, 6.45) is 4.42. The van der Waals surface area contributed by atoms with E-state index in [1.165, 1.54) is 16.9 Å². The van der Waals surface area contributed by atoms with Gasteiger partial charge in [0.1, 0.15) is 10.7 Å². The molecule has 1 N–H and O–H groups in total. The molecule has 0 amide bonds. The second-order valence-corrected chi connectivity index (χ2v) is 4.27. The molecule has 0 radical (unpaired) electrons. The van der Waals surface area contributed by atoms with Gasteiger partial charge in [0.15, 0.2) is 0 Å². The lowest BCUT2D eigenvalue weighted by Crippen LogP contribution is -1.89. The Balaban J connectivity index is 2.44. The smallest absolute Gasteiger partial charge is 0.142 e. The molecule has 2 heterocycles. The number of pyridine rings is 1. The van der Waals surface area contributed by atoms with Crippen molar-refractivity contribution in [1.82, 2.24) is 9.97 Å². The van der Waals surface area contributed by atoms with Crippen LogP contribution in [0.2, 0.25) is 0 Å². The third-order valence-electron chi connectivity index (χ3n) is 2.18. The molecule has 2 aromatic rings. The highest BCUT2D eigenvalue weighted by molar-refractivity contribution is 7.15. The van der Waals surface area contributed by atoms with Gasteiger partial charge in [0, 0.05) is 12.4 Å². The van der Waals surface area contributed by atoms with Gasteiger partial charge in [-0.2, -0.15) is 0 Å². The zero-order valence-corrected chi connectivity index (χ0v) is 9.29. The van der Waals surface area contributed by atoms with Crippen LogP contribution in [0.25, 0.3) is 10.7 Å². The first-order valence-corrected chi connectivity index (χ1v) is 5.66. The van der Waals surface area contributed by atoms with Crippen LogP contribution in [0.3, 0.4) is 0 Å². The van der Waals surface area contributed by atoms with Crippen molar-refractivity contribution in [3.8, 4) is 10.7 Å². The lowest BCUT2D eigenvalue weighted by atomic mass is 10.1. The van der Waals surface area contributed by atoms with E-state index < -0.39 is 0 Å². The molecule has 0 saturated heterocycles. The topological polar surface area (TPSA) is 46.0 Å². The van der Waals surface area contributed by atoms with Crippen LogP contribution >= 0.6 is 11.3 Å². The van der Waals surface area contributed by atoms with Crippen molar-refractivity contribution >= 4 is 11.3 Å². The molecule has 3 nitrogen and oxygen atoms in total. The van der Waals surface area contributed by atoms with Crippen molar-refractivity contribution < 1.29 is 5.11 Å². The van der Waals surface area contributed by atoms with Crippen molar-refractivity contribution in [2.45, 2.75) is 20.0 Å². The maximum Gasteiger partial charge on any atom is 0.142 e. The molecule has 0 aromatic carbocycles. The Labute approximate surface area is 92.5 Å². The van der Waals surface area contributed by atoms with E-state index in [-0.39, 0.29) is 6.61 Å². The van der Waals surface area contributed by atoms with Crippen molar-refractivity contribution in [3.63, 3.8) is 0 Å². The summed E-state index contributed by atoms with van der Waals surface area (Å²) in [6, 6.07) is 3.99. The van der Waals surface area contributed by atoms with Gasteiger partial charge in [-0.15, -0.1) is 11.3 Å². The van der Waals surface area contributed by atoms with E-state index >= 15 is 0 Å². The molecule has 0 bridgehead atoms. The van der Waals surface area contributed by atoms with Crippen LogP contribution in [0, 0.1) is 0 Å². The fourth-order valence-corrected chi connectivity index (χ4v) is 2.21. The number of hydrogen-bond donors (Lipinski definition) is 1. The summed E-state index contributed by atoms with van der Waals surface area (Å²) >= 11 is 1.49. The van der Waals surface area contributed by atoms with Crippen LogP contribution in [0.15, 0.2) is 24.5 Å². The minimum atomic E-state index is 0.0476. The summed E-state index contributed by atoms with van der Waals surface area (Å²) in [4.78, 5) is 9.47. The summed E-state index contributed by atoms with van der Waals surface area (Å²) < 4.78 is 0. The van der Waals surface area contributed by atoms with Gasteiger partial charge < -0.3 is 5.11 Å². The van der Waals surface area contributed by atoms with Crippen molar-refractivity contribution in [2.24, 2.45) is 0 Å². The van der Waals surface area contributed by atoms with Gasteiger partial charge in [-0.05, 0) is 18.1 Å². The first-order chi connectivity index (χ1) is 7.35. The van der Waals surface area contributed by atoms with E-state index in [9.17, 15) is 0 Å². The average molecular weight is 220 g/mol. The van der Waals surface area contributed by atoms with Crippen molar-refractivity contribution in [3.05, 3.63) is 35.0 Å². The Kier molecular flexibility index (Phi) is 3.08. The number of thiazole rings is 1. The summed E-state index contributed by atoms with van der Waals surface area (Å²) in [5.41, 5.74) is 2.13. The third-order valence-corrected chi connectivity index (χ3v) is 3.17. The number of nitrogens with zero attached hydrogens (tertiary/aromatic N) is 2. The number of aryl methyl sites for hydroxylation is 1. The van der Waals surface area contributed by atoms with Crippen LogP contribution in [0.4, 0.5) is 0 Å². The quantitative estimate of drug-likeness (QED) is 0.863. The number of hydrogen-bond acceptors (Lipinski definition) is 4. The van der Waals surface area contributed by atoms with Gasteiger partial charge in [0.2, 0.25) is 0 Å². The van der Waals surface area contributed by atoms with Gasteiger partial charge >= 0.3 is 0 Å². The zero-order chi connectivity index (χ0) is 10.7. The Morgan fingerprint density at radius 2 is 2.27 bits per heavy atom. The SMILES string of the molecule is CCc1cccnc1-c1ncc(CO)s1. The molecule has 2 rings (SSSR count). The summed E-state index contributed by atoms with van der Waals surface area (Å²) in [7, 11) is 0. The standard InChI is InChI=1S/C11H12N2OS/c1-2-8-4-3-5-12-10(8)11-13-6-9(7-14)15-11/h3-6,14H,2,7H2,1H3. The highest BCUT2D eigenvalue weighted by Crippen LogP contribution is 2.26. The molecule has 0 aliphatic carbocycles. The van der Waals surface area contributed by atoms with E-state index in [1.807, 2.05) is 6.07 Å². The highest BCUT2D eigenvalue weighted by atomic mass is 32.1. The second kappa shape index (κ2) is 4.51. The first-order valence-electron chi connectivity index (χ1n) is 4.85. The molecular formula is C11H12N2OS. The van der Waals surface area contributed by atoms with Gasteiger partial charge in [0.25, 0.3) is 0 Å². The van der Waals surface area contributed by atoms with Crippen molar-refractivity contribution in [1.29, 1.82) is 0 Å². The summed E-state index contributed by atoms with van der Waals surface area (Å²) in [5, 5.41) is 9.86. The van der Waals surface area contributed by atoms with Crippen molar-refractivity contribution in [2.75, 3.05) is 0 Å². The molecule has 0 atom stereocenters. The lowest BCUT2D eigenvalue weighted by molar-refractivity contribution is 0.285. The Hall–Kier alpha value is -1.26. The number of aliphatic hydroxyl groups excluding tert-OH is 1. The predicted octanol–water partition coefficient (Wildman–Crippen LogP) is 2.26. The average Bonchev–Trinajstić information content (AvgIpc) is 2.77. The van der Waals surface area contributed by atoms with Gasteiger partial charge in [-0.3, -0.25) is 4.98 Å². The zero-order valence-electron chi connectivity index (χ0n) is 8.47. The Morgan fingerprint density at radius 1 is 1.40 bits per heavy atom. The second-order valence-electron chi connectivity index (χ2n) is 3.15. The van der Waals surface area contributed by atoms with E-state index in [2.05, 4.69) is 23.0 Å². The number of aromatic nitrogens is 2. The molecule has 0 spiro atoms. The maximum absolute atomic E-state index is 8.97. The molecule has 4 heteroatoms. The molecule has 78 valence electrons. The highest BCUT2D eigenvalue weighted by Gasteiger charge is 2.08. The molecule has 0 unspecified atom stereocenters. The molecular weight excluding hydrogens is 208 g/mol. The third kappa shape index (κ3) is 2.06. The van der Waals surface area contributed by atoms with Gasteiger partial charge in [-0.25, -0.2) is 4.98 Å². The maximum atomic E-state index is 8.97. The largest absolute Gasteiger partial charge is 0.391 e. The van der Waals surface area contributed by atoms with E-state index in [0.29, 0.717) is 0 Å². The normalized spacial score (nSPS) is 10.5. The summed E-state index contributed by atoms with van der Waals surface area (Å²) in [6.45, 7) is 2.15. The predicted molar refractivity (Wildman–Crippen MR) is 60.6 cm³/mol. The minimum Gasteiger partial charge on any atom is -0.391 e. The van der Waals surface area contributed by atoms with E-state index in [1.54, 1.807) is 12.4 Å². The number of rotatable bonds is 3. The van der Waals surface area contributed by atoms with Gasteiger partial charge in [0.05, 0.1) is 11.5 Å². The first kappa shape index (κ1) is 10.3. The van der Waals surface area contributed by atoms with Gasteiger partial charge in [-0.1, -0.05) is 13.0 Å². The fraction of sp³-hybridized carbons (Fsp3) is 0.273. The fourth-order valence-electron chi connectivity index (χ4n) is 1.41. The van der Waals surface area contributed by atoms with E-state index in [4.69, 9.17) is 5.11 Å². The molecule has 2 aromatic heterocycles. The Morgan fingerprint density at radius 3 is 2.93 bits per heavy atom. The van der Waals surface area contributed by atoms with E-state index in [0.717, 1.165) is 22.0 Å². The van der Waals surface area contributed by atoms with Crippen LogP contribution < -0.4 is 0 Å². The number of aliphatic hydroxyl groups is 1. The molecule has 0 aliphatic rings. The van der Waals surface area contributed by atoms with Crippen LogP contribution in [-0.4, -0.2) is 15.1 Å². The van der Waals surface area contributed by atoms with Crippen LogP contribution in [0.5, 0.6) is 0 Å². The lowest BCUT2D eigenvalue weighted by Gasteiger charge is -2.01. The Bertz CT molecular complexity index is 453. The molecule has 0 aliphatic heterocycles. The molecule has 15 heavy (non-hydrogen) atoms. The molecule has 0 saturated carbocycles. The minimum absolute atomic E-state index is 0.0476. The van der Waals surface area contributed by atoms with Crippen LogP contribution in [0.1, 0.15) is 17.4 Å². The van der Waals surface area contributed by atoms with Crippen LogP contribution in [-0.2, 0) is 13.0 Å².